The predicted octanol–water partition coefficient (Wildman–Crippen LogP) is 2.45. The number of halogens is 3. The number of esters is 1. The maximum atomic E-state index is 12.7. The molecule has 0 saturated carbocycles. The van der Waals surface area contributed by atoms with Gasteiger partial charge in [0.1, 0.15) is 12.2 Å². The molecule has 0 saturated heterocycles. The SMILES string of the molecule is COC(=O)Cn1c(C(=O)c2cccc(C(F)(F)F)c2)csc1=N. The molecular formula is C14H11F3N2O3S. The number of alkyl halides is 3. The van der Waals surface area contributed by atoms with Crippen LogP contribution in [0, 0.1) is 5.41 Å². The summed E-state index contributed by atoms with van der Waals surface area (Å²) < 4.78 is 43.8. The number of hydrogen-bond donors (Lipinski definition) is 1. The van der Waals surface area contributed by atoms with Gasteiger partial charge in [0.25, 0.3) is 0 Å². The lowest BCUT2D eigenvalue weighted by atomic mass is 10.1. The summed E-state index contributed by atoms with van der Waals surface area (Å²) in [6, 6.07) is 3.99. The van der Waals surface area contributed by atoms with Crippen LogP contribution in [0.5, 0.6) is 0 Å². The minimum Gasteiger partial charge on any atom is -0.468 e. The van der Waals surface area contributed by atoms with Gasteiger partial charge in [0.05, 0.1) is 12.7 Å². The molecule has 0 aliphatic rings. The molecule has 0 atom stereocenters. The van der Waals surface area contributed by atoms with E-state index in [0.29, 0.717) is 0 Å². The molecule has 1 aromatic heterocycles. The number of benzene rings is 1. The molecular weight excluding hydrogens is 333 g/mol. The third-order valence-electron chi connectivity index (χ3n) is 3.02. The lowest BCUT2D eigenvalue weighted by Gasteiger charge is -2.09. The van der Waals surface area contributed by atoms with Gasteiger partial charge >= 0.3 is 12.1 Å². The molecule has 0 bridgehead atoms. The van der Waals surface area contributed by atoms with Gasteiger partial charge in [-0.05, 0) is 12.1 Å². The molecule has 2 aromatic rings. The van der Waals surface area contributed by atoms with E-state index in [1.54, 1.807) is 0 Å². The molecule has 0 aliphatic carbocycles. The normalized spacial score (nSPS) is 11.3. The van der Waals surface area contributed by atoms with Gasteiger partial charge in [0.2, 0.25) is 5.78 Å². The molecule has 23 heavy (non-hydrogen) atoms. The van der Waals surface area contributed by atoms with E-state index in [-0.39, 0.29) is 22.6 Å². The second kappa shape index (κ2) is 6.37. The number of nitrogens with one attached hydrogen (secondary N) is 1. The molecule has 5 nitrogen and oxygen atoms in total. The third-order valence-corrected chi connectivity index (χ3v) is 3.80. The predicted molar refractivity (Wildman–Crippen MR) is 75.1 cm³/mol. The number of ketones is 1. The van der Waals surface area contributed by atoms with Crippen LogP contribution < -0.4 is 4.80 Å². The van der Waals surface area contributed by atoms with Gasteiger partial charge in [-0.3, -0.25) is 15.0 Å². The summed E-state index contributed by atoms with van der Waals surface area (Å²) >= 11 is 0.895. The Balaban J connectivity index is 2.42. The van der Waals surface area contributed by atoms with Crippen LogP contribution in [0.3, 0.4) is 0 Å². The number of methoxy groups -OCH3 is 1. The molecule has 9 heteroatoms. The van der Waals surface area contributed by atoms with Crippen LogP contribution in [0.2, 0.25) is 0 Å². The molecule has 1 heterocycles. The molecule has 0 radical (unpaired) electrons. The Hall–Kier alpha value is -2.42. The topological polar surface area (TPSA) is 72.2 Å². The van der Waals surface area contributed by atoms with Crippen molar-refractivity contribution in [3.8, 4) is 0 Å². The first-order valence-electron chi connectivity index (χ1n) is 6.25. The maximum absolute atomic E-state index is 12.7. The lowest BCUT2D eigenvalue weighted by Crippen LogP contribution is -2.24. The Bertz CT molecular complexity index is 808. The summed E-state index contributed by atoms with van der Waals surface area (Å²) in [5, 5.41) is 9.03. The van der Waals surface area contributed by atoms with Gasteiger partial charge in [-0.2, -0.15) is 13.2 Å². The number of ether oxygens (including phenoxy) is 1. The number of carbonyl (C=O) groups is 2. The molecule has 0 amide bonds. The number of thiazole rings is 1. The van der Waals surface area contributed by atoms with E-state index in [4.69, 9.17) is 5.41 Å². The summed E-state index contributed by atoms with van der Waals surface area (Å²) in [5.41, 5.74) is -1.15. The van der Waals surface area contributed by atoms with Crippen molar-refractivity contribution in [3.63, 3.8) is 0 Å². The van der Waals surface area contributed by atoms with Crippen molar-refractivity contribution >= 4 is 23.1 Å². The third kappa shape index (κ3) is 3.67. The minimum atomic E-state index is -4.56. The second-order valence-corrected chi connectivity index (χ2v) is 5.35. The van der Waals surface area contributed by atoms with Crippen molar-refractivity contribution in [2.45, 2.75) is 12.7 Å². The first-order chi connectivity index (χ1) is 10.7. The summed E-state index contributed by atoms with van der Waals surface area (Å²) in [7, 11) is 1.16. The highest BCUT2D eigenvalue weighted by atomic mass is 32.1. The lowest BCUT2D eigenvalue weighted by molar-refractivity contribution is -0.141. The highest BCUT2D eigenvalue weighted by Crippen LogP contribution is 2.30. The van der Waals surface area contributed by atoms with Crippen LogP contribution in [0.15, 0.2) is 29.6 Å². The quantitative estimate of drug-likeness (QED) is 0.684. The van der Waals surface area contributed by atoms with Crippen molar-refractivity contribution in [2.24, 2.45) is 0 Å². The molecule has 0 spiro atoms. The first kappa shape index (κ1) is 16.9. The smallest absolute Gasteiger partial charge is 0.416 e. The van der Waals surface area contributed by atoms with Crippen molar-refractivity contribution in [2.75, 3.05) is 7.11 Å². The average Bonchev–Trinajstić information content (AvgIpc) is 2.86. The highest BCUT2D eigenvalue weighted by molar-refractivity contribution is 7.07. The molecule has 1 N–H and O–H groups in total. The van der Waals surface area contributed by atoms with Gasteiger partial charge < -0.3 is 9.30 Å². The van der Waals surface area contributed by atoms with Crippen molar-refractivity contribution in [3.05, 3.63) is 51.3 Å². The van der Waals surface area contributed by atoms with E-state index >= 15 is 0 Å². The zero-order valence-corrected chi connectivity index (χ0v) is 12.6. The van der Waals surface area contributed by atoms with Gasteiger partial charge in [0.15, 0.2) is 4.80 Å². The largest absolute Gasteiger partial charge is 0.468 e. The number of carbonyl (C=O) groups excluding carboxylic acids is 2. The number of rotatable bonds is 4. The standard InChI is InChI=1S/C14H11F3N2O3S/c1-22-11(20)6-19-10(7-23-13(19)18)12(21)8-3-2-4-9(5-8)14(15,16)17/h2-5,7,18H,6H2,1H3. The van der Waals surface area contributed by atoms with E-state index in [0.717, 1.165) is 41.2 Å². The van der Waals surface area contributed by atoms with Crippen LogP contribution in [0.4, 0.5) is 13.2 Å². The van der Waals surface area contributed by atoms with Crippen LogP contribution in [-0.2, 0) is 22.3 Å². The van der Waals surface area contributed by atoms with E-state index in [9.17, 15) is 22.8 Å². The van der Waals surface area contributed by atoms with Gasteiger partial charge in [0, 0.05) is 10.9 Å². The molecule has 0 fully saturated rings. The van der Waals surface area contributed by atoms with Crippen LogP contribution in [0.1, 0.15) is 21.6 Å². The zero-order chi connectivity index (χ0) is 17.2. The van der Waals surface area contributed by atoms with Crippen molar-refractivity contribution < 1.29 is 27.5 Å². The fourth-order valence-electron chi connectivity index (χ4n) is 1.86. The first-order valence-corrected chi connectivity index (χ1v) is 7.13. The number of hydrogen-bond acceptors (Lipinski definition) is 5. The fourth-order valence-corrected chi connectivity index (χ4v) is 2.61. The summed E-state index contributed by atoms with van der Waals surface area (Å²) in [6.07, 6.45) is -4.56. The Morgan fingerprint density at radius 2 is 2.04 bits per heavy atom. The van der Waals surface area contributed by atoms with Crippen molar-refractivity contribution in [1.82, 2.24) is 4.57 Å². The Morgan fingerprint density at radius 1 is 1.35 bits per heavy atom. The molecule has 0 unspecified atom stereocenters. The van der Waals surface area contributed by atoms with Gasteiger partial charge in [-0.15, -0.1) is 11.3 Å². The van der Waals surface area contributed by atoms with Crippen LogP contribution in [0.25, 0.3) is 0 Å². The van der Waals surface area contributed by atoms with Gasteiger partial charge in [-0.25, -0.2) is 0 Å². The van der Waals surface area contributed by atoms with E-state index in [1.165, 1.54) is 11.4 Å². The van der Waals surface area contributed by atoms with Gasteiger partial charge in [-0.1, -0.05) is 12.1 Å². The minimum absolute atomic E-state index is 0.0373. The zero-order valence-electron chi connectivity index (χ0n) is 11.8. The molecule has 122 valence electrons. The van der Waals surface area contributed by atoms with Crippen LogP contribution in [-0.4, -0.2) is 23.4 Å². The number of aromatic nitrogens is 1. The monoisotopic (exact) mass is 344 g/mol. The Morgan fingerprint density at radius 3 is 2.65 bits per heavy atom. The molecule has 1 aromatic carbocycles. The van der Waals surface area contributed by atoms with Crippen molar-refractivity contribution in [1.29, 1.82) is 5.41 Å². The molecule has 2 rings (SSSR count). The van der Waals surface area contributed by atoms with Crippen LogP contribution >= 0.6 is 11.3 Å². The number of nitrogens with zero attached hydrogens (tertiary/aromatic N) is 1. The Labute approximate surface area is 132 Å². The summed E-state index contributed by atoms with van der Waals surface area (Å²) in [4.78, 5) is 23.7. The van der Waals surface area contributed by atoms with E-state index in [1.807, 2.05) is 0 Å². The summed E-state index contributed by atoms with van der Waals surface area (Å²) in [6.45, 7) is -0.362. The maximum Gasteiger partial charge on any atom is 0.416 e. The summed E-state index contributed by atoms with van der Waals surface area (Å²) in [5.74, 6) is -1.37. The Kier molecular flexibility index (Phi) is 4.69. The van der Waals surface area contributed by atoms with E-state index < -0.39 is 23.5 Å². The van der Waals surface area contributed by atoms with E-state index in [2.05, 4.69) is 4.74 Å². The fraction of sp³-hybridized carbons (Fsp3) is 0.214. The molecule has 0 aliphatic heterocycles. The highest BCUT2D eigenvalue weighted by Gasteiger charge is 2.31. The second-order valence-electron chi connectivity index (χ2n) is 4.50. The average molecular weight is 344 g/mol.